The van der Waals surface area contributed by atoms with Crippen LogP contribution in [0.4, 0.5) is 0 Å². The monoisotopic (exact) mass is 334 g/mol. The molecule has 24 heavy (non-hydrogen) atoms. The van der Waals surface area contributed by atoms with Gasteiger partial charge in [0.15, 0.2) is 5.96 Å². The third-order valence-corrected chi connectivity index (χ3v) is 4.58. The number of guanidine groups is 1. The second-order valence-corrected chi connectivity index (χ2v) is 7.78. The Labute approximate surface area is 146 Å². The first-order valence-corrected chi connectivity index (χ1v) is 9.46. The number of hydrogen-bond acceptors (Lipinski definition) is 3. The number of nitrogens with one attached hydrogen (secondary N) is 2. The highest BCUT2D eigenvalue weighted by molar-refractivity contribution is 5.79. The lowest BCUT2D eigenvalue weighted by Crippen LogP contribution is -2.38. The molecule has 2 rings (SSSR count). The van der Waals surface area contributed by atoms with Crippen molar-refractivity contribution in [3.05, 3.63) is 17.8 Å². The van der Waals surface area contributed by atoms with Gasteiger partial charge < -0.3 is 15.1 Å². The zero-order chi connectivity index (χ0) is 17.4. The van der Waals surface area contributed by atoms with E-state index in [1.54, 1.807) is 0 Å². The zero-order valence-electron chi connectivity index (χ0n) is 15.8. The molecule has 0 bridgehead atoms. The zero-order valence-corrected chi connectivity index (χ0v) is 15.8. The molecule has 1 aromatic heterocycles. The summed E-state index contributed by atoms with van der Waals surface area (Å²) in [6.45, 7) is 10.8. The topological polar surface area (TPSA) is 62.5 Å². The van der Waals surface area contributed by atoms with E-state index in [0.717, 1.165) is 30.7 Å². The van der Waals surface area contributed by atoms with Gasteiger partial charge in [-0.25, -0.2) is 9.98 Å². The standard InChI is InChI=1S/C19H34N4O/c1-5-20-18(21-12-11-15-9-7-6-8-10-15)23-14-17-22-13-16(24-17)19(2,3)4/h13,15H,5-12,14H2,1-4H3,(H2,20,21,23). The quantitative estimate of drug-likeness (QED) is 0.610. The number of aliphatic imine (C=N–C) groups is 1. The molecule has 0 unspecified atom stereocenters. The average molecular weight is 335 g/mol. The minimum atomic E-state index is -0.0162. The molecule has 5 nitrogen and oxygen atoms in total. The van der Waals surface area contributed by atoms with Gasteiger partial charge in [0.25, 0.3) is 0 Å². The van der Waals surface area contributed by atoms with Gasteiger partial charge in [-0.15, -0.1) is 0 Å². The summed E-state index contributed by atoms with van der Waals surface area (Å²) in [6, 6.07) is 0. The van der Waals surface area contributed by atoms with Gasteiger partial charge in [-0.3, -0.25) is 0 Å². The Morgan fingerprint density at radius 3 is 2.62 bits per heavy atom. The van der Waals surface area contributed by atoms with Crippen LogP contribution < -0.4 is 10.6 Å². The highest BCUT2D eigenvalue weighted by atomic mass is 16.4. The Kier molecular flexibility index (Phi) is 7.13. The summed E-state index contributed by atoms with van der Waals surface area (Å²) in [6.07, 6.45) is 10.0. The van der Waals surface area contributed by atoms with Crippen LogP contribution in [0.15, 0.2) is 15.6 Å². The smallest absolute Gasteiger partial charge is 0.216 e. The first-order chi connectivity index (χ1) is 11.5. The molecule has 0 amide bonds. The molecular weight excluding hydrogens is 300 g/mol. The number of oxazole rings is 1. The number of aromatic nitrogens is 1. The Hall–Kier alpha value is -1.52. The van der Waals surface area contributed by atoms with E-state index >= 15 is 0 Å². The Bertz CT molecular complexity index is 510. The molecule has 1 aliphatic carbocycles. The molecule has 1 aliphatic rings. The average Bonchev–Trinajstić information content (AvgIpc) is 3.03. The lowest BCUT2D eigenvalue weighted by Gasteiger charge is -2.22. The van der Waals surface area contributed by atoms with E-state index in [1.807, 2.05) is 6.20 Å². The van der Waals surface area contributed by atoms with Crippen LogP contribution in [0.5, 0.6) is 0 Å². The van der Waals surface area contributed by atoms with E-state index in [2.05, 4.69) is 48.3 Å². The van der Waals surface area contributed by atoms with Crippen molar-refractivity contribution < 1.29 is 4.42 Å². The first-order valence-electron chi connectivity index (χ1n) is 9.46. The Morgan fingerprint density at radius 2 is 2.00 bits per heavy atom. The van der Waals surface area contributed by atoms with Gasteiger partial charge >= 0.3 is 0 Å². The van der Waals surface area contributed by atoms with Crippen LogP contribution in [0, 0.1) is 5.92 Å². The van der Waals surface area contributed by atoms with Crippen molar-refractivity contribution in [2.24, 2.45) is 10.9 Å². The van der Waals surface area contributed by atoms with Crippen molar-refractivity contribution in [1.82, 2.24) is 15.6 Å². The highest BCUT2D eigenvalue weighted by Gasteiger charge is 2.19. The van der Waals surface area contributed by atoms with Crippen molar-refractivity contribution in [2.45, 2.75) is 78.2 Å². The van der Waals surface area contributed by atoms with Crippen molar-refractivity contribution in [1.29, 1.82) is 0 Å². The molecule has 0 aromatic carbocycles. The van der Waals surface area contributed by atoms with Gasteiger partial charge in [0.1, 0.15) is 12.3 Å². The Morgan fingerprint density at radius 1 is 1.25 bits per heavy atom. The van der Waals surface area contributed by atoms with Crippen LogP contribution in [0.3, 0.4) is 0 Å². The summed E-state index contributed by atoms with van der Waals surface area (Å²) < 4.78 is 5.80. The van der Waals surface area contributed by atoms with Crippen molar-refractivity contribution >= 4 is 5.96 Å². The van der Waals surface area contributed by atoms with E-state index in [0.29, 0.717) is 12.4 Å². The second kappa shape index (κ2) is 9.09. The second-order valence-electron chi connectivity index (χ2n) is 7.78. The predicted molar refractivity (Wildman–Crippen MR) is 99.2 cm³/mol. The molecule has 0 saturated heterocycles. The third-order valence-electron chi connectivity index (χ3n) is 4.58. The molecule has 0 radical (unpaired) electrons. The minimum Gasteiger partial charge on any atom is -0.443 e. The molecule has 1 heterocycles. The molecule has 0 spiro atoms. The molecule has 1 aromatic rings. The van der Waals surface area contributed by atoms with E-state index in [1.165, 1.54) is 38.5 Å². The van der Waals surface area contributed by atoms with Gasteiger partial charge in [-0.1, -0.05) is 52.9 Å². The lowest BCUT2D eigenvalue weighted by atomic mass is 9.87. The van der Waals surface area contributed by atoms with Crippen LogP contribution in [0.1, 0.15) is 77.9 Å². The normalized spacial score (nSPS) is 17.1. The highest BCUT2D eigenvalue weighted by Crippen LogP contribution is 2.25. The fraction of sp³-hybridized carbons (Fsp3) is 0.789. The number of hydrogen-bond donors (Lipinski definition) is 2. The maximum atomic E-state index is 5.80. The summed E-state index contributed by atoms with van der Waals surface area (Å²) in [7, 11) is 0. The van der Waals surface area contributed by atoms with Gasteiger partial charge in [0.2, 0.25) is 5.89 Å². The van der Waals surface area contributed by atoms with E-state index in [4.69, 9.17) is 4.42 Å². The summed E-state index contributed by atoms with van der Waals surface area (Å²) in [5.41, 5.74) is -0.0162. The minimum absolute atomic E-state index is 0.0162. The van der Waals surface area contributed by atoms with Crippen LogP contribution in [0.25, 0.3) is 0 Å². The van der Waals surface area contributed by atoms with E-state index in [9.17, 15) is 0 Å². The Balaban J connectivity index is 1.82. The van der Waals surface area contributed by atoms with Crippen molar-refractivity contribution in [2.75, 3.05) is 13.1 Å². The van der Waals surface area contributed by atoms with Gasteiger partial charge in [-0.05, 0) is 19.3 Å². The number of rotatable bonds is 6. The number of nitrogens with zero attached hydrogens (tertiary/aromatic N) is 2. The van der Waals surface area contributed by atoms with E-state index in [-0.39, 0.29) is 5.41 Å². The van der Waals surface area contributed by atoms with Gasteiger partial charge in [-0.2, -0.15) is 0 Å². The molecule has 1 fully saturated rings. The molecule has 0 aliphatic heterocycles. The SMILES string of the molecule is CCNC(=NCc1ncc(C(C)(C)C)o1)NCCC1CCCCC1. The third kappa shape index (κ3) is 6.17. The maximum Gasteiger partial charge on any atom is 0.216 e. The molecule has 136 valence electrons. The fourth-order valence-electron chi connectivity index (χ4n) is 3.09. The summed E-state index contributed by atoms with van der Waals surface area (Å²) in [4.78, 5) is 8.94. The molecule has 2 N–H and O–H groups in total. The lowest BCUT2D eigenvalue weighted by molar-refractivity contribution is 0.339. The molecule has 5 heteroatoms. The van der Waals surface area contributed by atoms with Crippen LogP contribution >= 0.6 is 0 Å². The molecule has 0 atom stereocenters. The van der Waals surface area contributed by atoms with E-state index < -0.39 is 0 Å². The molecular formula is C19H34N4O. The summed E-state index contributed by atoms with van der Waals surface area (Å²) >= 11 is 0. The van der Waals surface area contributed by atoms with Crippen LogP contribution in [0.2, 0.25) is 0 Å². The van der Waals surface area contributed by atoms with Gasteiger partial charge in [0.05, 0.1) is 6.20 Å². The largest absolute Gasteiger partial charge is 0.443 e. The fourth-order valence-corrected chi connectivity index (χ4v) is 3.09. The summed E-state index contributed by atoms with van der Waals surface area (Å²) in [5.74, 6) is 3.31. The molecule has 1 saturated carbocycles. The maximum absolute atomic E-state index is 5.80. The predicted octanol–water partition coefficient (Wildman–Crippen LogP) is 4.00. The summed E-state index contributed by atoms with van der Waals surface area (Å²) in [5, 5.41) is 6.74. The van der Waals surface area contributed by atoms with Crippen molar-refractivity contribution in [3.8, 4) is 0 Å². The van der Waals surface area contributed by atoms with Crippen molar-refractivity contribution in [3.63, 3.8) is 0 Å². The van der Waals surface area contributed by atoms with Gasteiger partial charge in [0, 0.05) is 18.5 Å². The van der Waals surface area contributed by atoms with Crippen LogP contribution in [-0.2, 0) is 12.0 Å². The van der Waals surface area contributed by atoms with Crippen LogP contribution in [-0.4, -0.2) is 24.0 Å². The first kappa shape index (κ1) is 18.8.